The first-order valence-electron chi connectivity index (χ1n) is 21.6. The summed E-state index contributed by atoms with van der Waals surface area (Å²) in [7, 11) is 4.92. The molecular formula is C46H61N5O8. The van der Waals surface area contributed by atoms with Gasteiger partial charge in [0.2, 0.25) is 0 Å². The first kappa shape index (κ1) is 40.4. The number of nitrogens with zero attached hydrogens (tertiary/aromatic N) is 3. The number of hydrogen-bond donors (Lipinski definition) is 6. The Kier molecular flexibility index (Phi) is 9.80. The van der Waals surface area contributed by atoms with Crippen LogP contribution in [0.2, 0.25) is 0 Å². The number of nitrogens with one attached hydrogen (secondary N) is 2. The van der Waals surface area contributed by atoms with Gasteiger partial charge in [0, 0.05) is 97.2 Å². The quantitative estimate of drug-likeness (QED) is 0.107. The summed E-state index contributed by atoms with van der Waals surface area (Å²) in [5, 5.41) is 51.3. The number of anilines is 1. The van der Waals surface area contributed by atoms with Crippen molar-refractivity contribution in [2.45, 2.75) is 99.0 Å². The van der Waals surface area contributed by atoms with Crippen LogP contribution in [0, 0.1) is 11.3 Å². The first-order valence-corrected chi connectivity index (χ1v) is 21.6. The Labute approximate surface area is 346 Å². The number of hydrogen-bond acceptors (Lipinski definition) is 11. The van der Waals surface area contributed by atoms with Crippen LogP contribution in [0.15, 0.2) is 48.6 Å². The van der Waals surface area contributed by atoms with E-state index < -0.39 is 51.5 Å². The van der Waals surface area contributed by atoms with Gasteiger partial charge in [-0.15, -0.1) is 0 Å². The van der Waals surface area contributed by atoms with Crippen molar-refractivity contribution < 1.29 is 39.5 Å². The molecule has 1 unspecified atom stereocenters. The van der Waals surface area contributed by atoms with Gasteiger partial charge in [0.05, 0.1) is 25.9 Å². The monoisotopic (exact) mass is 811 g/mol. The Hall–Kier alpha value is -3.98. The Morgan fingerprint density at radius 1 is 1.03 bits per heavy atom. The maximum atomic E-state index is 15.3. The van der Waals surface area contributed by atoms with Gasteiger partial charge in [0.1, 0.15) is 17.3 Å². The molecule has 13 heteroatoms. The highest BCUT2D eigenvalue weighted by Gasteiger charge is 2.78. The summed E-state index contributed by atoms with van der Waals surface area (Å²) in [5.74, 6) is -0.727. The molecule has 10 atom stereocenters. The van der Waals surface area contributed by atoms with Gasteiger partial charge < -0.3 is 45.1 Å². The number of aliphatic hydroxyl groups excluding tert-OH is 2. The molecule has 1 aliphatic carbocycles. The number of piperidine rings is 1. The molecule has 2 bridgehead atoms. The minimum atomic E-state index is -2.26. The molecule has 1 saturated carbocycles. The van der Waals surface area contributed by atoms with Crippen molar-refractivity contribution in [3.05, 3.63) is 70.9 Å². The highest BCUT2D eigenvalue weighted by atomic mass is 16.5. The number of aromatic amines is 1. The van der Waals surface area contributed by atoms with E-state index in [4.69, 9.17) is 9.47 Å². The lowest BCUT2D eigenvalue weighted by Crippen LogP contribution is -2.81. The third-order valence-corrected chi connectivity index (χ3v) is 15.8. The van der Waals surface area contributed by atoms with E-state index in [1.807, 2.05) is 56.1 Å². The second-order valence-electron chi connectivity index (χ2n) is 18.5. The standard InChI is InChI=1S/C46H61N5O8/c1-6-42(56)24-28-25-45(41(55)59-5,36-30(14-19-50(26-28)27-42)29-12-8-9-13-33(29)48-36)32-22-31-34(23-35(32)58-4)49(3)38-44(31)16-20-51-18-10-15-43(7-2,37(44)51)39(53)46(38,57)40(54)47-17-11-21-52/h8-10,12-13,15,22-23,28,37-39,48,52-53,56-57H,6-7,11,14,16-21,24-27H2,1-5H3,(H,47,54)/t28-,37+,38-,39-,42+,43-,44-,45+,46+/m1/s1. The minimum Gasteiger partial charge on any atom is -0.496 e. The second-order valence-corrected chi connectivity index (χ2v) is 18.5. The number of aliphatic hydroxyl groups is 4. The molecule has 6 aliphatic rings. The van der Waals surface area contributed by atoms with Crippen molar-refractivity contribution in [3.8, 4) is 5.75 Å². The van der Waals surface area contributed by atoms with Crippen molar-refractivity contribution >= 4 is 28.5 Å². The minimum absolute atomic E-state index is 0.0903. The van der Waals surface area contributed by atoms with Crippen LogP contribution in [-0.2, 0) is 31.6 Å². The molecule has 1 spiro atoms. The number of carbonyl (C=O) groups is 2. The summed E-state index contributed by atoms with van der Waals surface area (Å²) in [6.07, 6.45) is 6.10. The van der Waals surface area contributed by atoms with Gasteiger partial charge in [-0.05, 0) is 80.7 Å². The van der Waals surface area contributed by atoms with Gasteiger partial charge in [-0.25, -0.2) is 0 Å². The summed E-state index contributed by atoms with van der Waals surface area (Å²) in [6.45, 7) is 7.39. The van der Waals surface area contributed by atoms with Crippen LogP contribution in [-0.4, -0.2) is 144 Å². The number of aromatic nitrogens is 1. The lowest BCUT2D eigenvalue weighted by Gasteiger charge is -2.63. The van der Waals surface area contributed by atoms with Gasteiger partial charge in [0.25, 0.3) is 5.91 Å². The summed E-state index contributed by atoms with van der Waals surface area (Å²) >= 11 is 0. The van der Waals surface area contributed by atoms with E-state index in [9.17, 15) is 25.2 Å². The Bertz CT molecular complexity index is 2190. The molecule has 318 valence electrons. The highest BCUT2D eigenvalue weighted by Crippen LogP contribution is 2.67. The van der Waals surface area contributed by atoms with Gasteiger partial charge in [-0.3, -0.25) is 19.4 Å². The van der Waals surface area contributed by atoms with Crippen LogP contribution in [0.3, 0.4) is 0 Å². The molecule has 0 radical (unpaired) electrons. The number of esters is 1. The van der Waals surface area contributed by atoms with Crippen molar-refractivity contribution in [1.29, 1.82) is 0 Å². The van der Waals surface area contributed by atoms with Crippen LogP contribution in [0.1, 0.15) is 74.8 Å². The molecule has 6 heterocycles. The molecule has 2 saturated heterocycles. The normalized spacial score (nSPS) is 37.1. The third kappa shape index (κ3) is 5.37. The average Bonchev–Trinajstić information content (AvgIpc) is 3.90. The van der Waals surface area contributed by atoms with Crippen molar-refractivity contribution in [1.82, 2.24) is 20.1 Å². The SMILES string of the molecule is CC[C@]1(O)C[C@H]2CN(CCc3c([nH]c4ccccc34)[C@@](C(=O)OC)(c3cc4c(cc3OC)N(C)[C@H]3[C@@](O)(C(=O)NCCCO)[C@H](O)[C@]5(CC)C=CCN6CC[C@]43[C@@H]65)C2)C1. The van der Waals surface area contributed by atoms with Crippen LogP contribution >= 0.6 is 0 Å². The number of likely N-dealkylation sites (N-methyl/N-ethyl adjacent to an activating group) is 1. The smallest absolute Gasteiger partial charge is 0.322 e. The molecule has 3 aromatic rings. The van der Waals surface area contributed by atoms with E-state index in [2.05, 4.69) is 38.3 Å². The summed E-state index contributed by atoms with van der Waals surface area (Å²) in [4.78, 5) is 40.4. The lowest BCUT2D eigenvalue weighted by atomic mass is 9.47. The Morgan fingerprint density at radius 3 is 2.56 bits per heavy atom. The van der Waals surface area contributed by atoms with Crippen molar-refractivity contribution in [3.63, 3.8) is 0 Å². The Balaban J connectivity index is 1.34. The van der Waals surface area contributed by atoms with Crippen molar-refractivity contribution in [2.75, 3.05) is 72.0 Å². The average molecular weight is 812 g/mol. The fourth-order valence-corrected chi connectivity index (χ4v) is 13.5. The molecular weight excluding hydrogens is 751 g/mol. The second kappa shape index (κ2) is 14.3. The first-order chi connectivity index (χ1) is 28.3. The zero-order chi connectivity index (χ0) is 41.7. The van der Waals surface area contributed by atoms with Gasteiger partial charge in [-0.2, -0.15) is 0 Å². The van der Waals surface area contributed by atoms with Crippen LogP contribution < -0.4 is 15.0 Å². The topological polar surface area (TPSA) is 171 Å². The van der Waals surface area contributed by atoms with Crippen LogP contribution in [0.4, 0.5) is 5.69 Å². The number of benzene rings is 2. The van der Waals surface area contributed by atoms with Gasteiger partial charge >= 0.3 is 5.97 Å². The molecule has 1 amide bonds. The molecule has 9 rings (SSSR count). The fraction of sp³-hybridized carbons (Fsp3) is 0.609. The Morgan fingerprint density at radius 2 is 1.83 bits per heavy atom. The largest absolute Gasteiger partial charge is 0.496 e. The zero-order valence-electron chi connectivity index (χ0n) is 35.1. The maximum Gasteiger partial charge on any atom is 0.322 e. The molecule has 3 fully saturated rings. The summed E-state index contributed by atoms with van der Waals surface area (Å²) in [6, 6.07) is 11.0. The molecule has 2 aromatic carbocycles. The van der Waals surface area contributed by atoms with Crippen LogP contribution in [0.5, 0.6) is 5.75 Å². The number of methoxy groups -OCH3 is 2. The molecule has 6 N–H and O–H groups in total. The number of H-pyrrole nitrogens is 1. The maximum absolute atomic E-state index is 15.3. The number of amides is 1. The summed E-state index contributed by atoms with van der Waals surface area (Å²) in [5.41, 5.74) is -1.47. The summed E-state index contributed by atoms with van der Waals surface area (Å²) < 4.78 is 12.3. The zero-order valence-corrected chi connectivity index (χ0v) is 35.1. The fourth-order valence-electron chi connectivity index (χ4n) is 13.5. The van der Waals surface area contributed by atoms with E-state index in [1.54, 1.807) is 7.11 Å². The predicted octanol–water partition coefficient (Wildman–Crippen LogP) is 2.75. The number of fused-ring (bicyclic) bond motifs is 6. The predicted molar refractivity (Wildman–Crippen MR) is 224 cm³/mol. The van der Waals surface area contributed by atoms with Crippen LogP contribution in [0.25, 0.3) is 10.9 Å². The molecule has 1 aromatic heterocycles. The number of ether oxygens (including phenoxy) is 2. The molecule has 5 aliphatic heterocycles. The van der Waals surface area contributed by atoms with E-state index in [-0.39, 0.29) is 25.1 Å². The number of para-hydroxylation sites is 1. The molecule has 59 heavy (non-hydrogen) atoms. The van der Waals surface area contributed by atoms with E-state index >= 15 is 4.79 Å². The van der Waals surface area contributed by atoms with Gasteiger partial charge in [-0.1, -0.05) is 44.2 Å². The van der Waals surface area contributed by atoms with E-state index in [0.29, 0.717) is 89.0 Å². The number of carbonyl (C=O) groups excluding carboxylic acids is 2. The third-order valence-electron chi connectivity index (χ3n) is 15.8. The van der Waals surface area contributed by atoms with Gasteiger partial charge in [0.15, 0.2) is 5.60 Å². The van der Waals surface area contributed by atoms with E-state index in [0.717, 1.165) is 33.4 Å². The highest BCUT2D eigenvalue weighted by molar-refractivity contribution is 5.95. The lowest BCUT2D eigenvalue weighted by molar-refractivity contribution is -0.203. The molecule has 13 nitrogen and oxygen atoms in total. The number of rotatable bonds is 9. The van der Waals surface area contributed by atoms with E-state index in [1.165, 1.54) is 7.11 Å². The van der Waals surface area contributed by atoms with Crippen molar-refractivity contribution in [2.24, 2.45) is 11.3 Å².